The maximum absolute atomic E-state index is 11.5. The van der Waals surface area contributed by atoms with Gasteiger partial charge in [-0.2, -0.15) is 0 Å². The maximum Gasteiger partial charge on any atom is 0.407 e. The first-order chi connectivity index (χ1) is 9.70. The molecule has 7 nitrogen and oxygen atoms in total. The van der Waals surface area contributed by atoms with Crippen LogP contribution in [0.2, 0.25) is 0 Å². The number of nitrogens with two attached hydrogens (primary N) is 1. The molecule has 1 saturated heterocycles. The van der Waals surface area contributed by atoms with Crippen molar-refractivity contribution in [1.29, 1.82) is 0 Å². The number of hydrogen-bond donors (Lipinski definition) is 2. The van der Waals surface area contributed by atoms with Crippen molar-refractivity contribution in [3.05, 3.63) is 0 Å². The van der Waals surface area contributed by atoms with E-state index in [1.807, 2.05) is 4.90 Å². The van der Waals surface area contributed by atoms with Crippen molar-refractivity contribution in [1.82, 2.24) is 10.2 Å². The first kappa shape index (κ1) is 18.3. The molecule has 1 unspecified atom stereocenters. The molecule has 1 saturated carbocycles. The number of carbonyl (C=O) groups excluding carboxylic acids is 1. The van der Waals surface area contributed by atoms with E-state index in [-0.39, 0.29) is 36.1 Å². The third-order valence-electron chi connectivity index (χ3n) is 3.55. The summed E-state index contributed by atoms with van der Waals surface area (Å²) in [6.07, 6.45) is 1.89. The van der Waals surface area contributed by atoms with E-state index in [0.29, 0.717) is 38.2 Å². The fourth-order valence-corrected chi connectivity index (χ4v) is 2.22. The van der Waals surface area contributed by atoms with Gasteiger partial charge in [0.15, 0.2) is 5.96 Å². The molecule has 122 valence electrons. The SMILES string of the molecule is CCOC(=O)NC(CN=C(N)N1CCOCC1)C1CC1.I. The Morgan fingerprint density at radius 3 is 2.71 bits per heavy atom. The average Bonchev–Trinajstić information content (AvgIpc) is 3.29. The molecule has 3 N–H and O–H groups in total. The molecule has 21 heavy (non-hydrogen) atoms. The van der Waals surface area contributed by atoms with Gasteiger partial charge in [0.05, 0.1) is 32.4 Å². The van der Waals surface area contributed by atoms with Crippen LogP contribution in [0.5, 0.6) is 0 Å². The van der Waals surface area contributed by atoms with E-state index in [2.05, 4.69) is 10.3 Å². The van der Waals surface area contributed by atoms with Crippen LogP contribution >= 0.6 is 24.0 Å². The van der Waals surface area contributed by atoms with Crippen molar-refractivity contribution < 1.29 is 14.3 Å². The van der Waals surface area contributed by atoms with Crippen LogP contribution in [-0.4, -0.2) is 62.4 Å². The van der Waals surface area contributed by atoms with Gasteiger partial charge in [0.2, 0.25) is 0 Å². The predicted molar refractivity (Wildman–Crippen MR) is 91.0 cm³/mol. The molecular weight excluding hydrogens is 387 g/mol. The smallest absolute Gasteiger partial charge is 0.407 e. The summed E-state index contributed by atoms with van der Waals surface area (Å²) >= 11 is 0. The first-order valence-electron chi connectivity index (χ1n) is 7.26. The summed E-state index contributed by atoms with van der Waals surface area (Å²) in [5.41, 5.74) is 5.98. The molecule has 1 heterocycles. The molecule has 0 aromatic carbocycles. The van der Waals surface area contributed by atoms with Crippen molar-refractivity contribution >= 4 is 36.0 Å². The van der Waals surface area contributed by atoms with E-state index in [9.17, 15) is 4.79 Å². The van der Waals surface area contributed by atoms with E-state index in [0.717, 1.165) is 25.9 Å². The number of halogens is 1. The zero-order valence-corrected chi connectivity index (χ0v) is 14.7. The summed E-state index contributed by atoms with van der Waals surface area (Å²) in [5.74, 6) is 1.03. The van der Waals surface area contributed by atoms with Gasteiger partial charge in [-0.05, 0) is 25.7 Å². The lowest BCUT2D eigenvalue weighted by Gasteiger charge is -2.28. The summed E-state index contributed by atoms with van der Waals surface area (Å²) in [7, 11) is 0. The van der Waals surface area contributed by atoms with E-state index in [1.54, 1.807) is 6.92 Å². The van der Waals surface area contributed by atoms with Gasteiger partial charge in [-0.3, -0.25) is 4.99 Å². The summed E-state index contributed by atoms with van der Waals surface area (Å²) < 4.78 is 10.2. The Balaban J connectivity index is 0.00000220. The number of nitrogens with zero attached hydrogens (tertiary/aromatic N) is 2. The first-order valence-corrected chi connectivity index (χ1v) is 7.26. The molecule has 0 bridgehead atoms. The molecule has 0 aromatic heterocycles. The van der Waals surface area contributed by atoms with Crippen LogP contribution in [-0.2, 0) is 9.47 Å². The number of alkyl carbamates (subject to hydrolysis) is 1. The number of carbonyl (C=O) groups is 1. The van der Waals surface area contributed by atoms with Gasteiger partial charge in [-0.15, -0.1) is 24.0 Å². The lowest BCUT2D eigenvalue weighted by molar-refractivity contribution is 0.0674. The number of morpholine rings is 1. The molecule has 1 aliphatic heterocycles. The molecule has 2 fully saturated rings. The molecule has 8 heteroatoms. The van der Waals surface area contributed by atoms with E-state index >= 15 is 0 Å². The predicted octanol–water partition coefficient (Wildman–Crippen LogP) is 0.776. The number of rotatable bonds is 5. The molecule has 0 radical (unpaired) electrons. The summed E-state index contributed by atoms with van der Waals surface area (Å²) in [5, 5.41) is 2.87. The minimum Gasteiger partial charge on any atom is -0.450 e. The maximum atomic E-state index is 11.5. The fraction of sp³-hybridized carbons (Fsp3) is 0.846. The van der Waals surface area contributed by atoms with Gasteiger partial charge >= 0.3 is 6.09 Å². The van der Waals surface area contributed by atoms with Gasteiger partial charge in [-0.25, -0.2) is 4.79 Å². The Kier molecular flexibility index (Phi) is 8.09. The molecule has 1 aliphatic carbocycles. The Morgan fingerprint density at radius 2 is 2.14 bits per heavy atom. The van der Waals surface area contributed by atoms with Crippen molar-refractivity contribution in [2.45, 2.75) is 25.8 Å². The molecule has 1 atom stereocenters. The van der Waals surface area contributed by atoms with Crippen molar-refractivity contribution in [3.8, 4) is 0 Å². The highest BCUT2D eigenvalue weighted by atomic mass is 127. The zero-order valence-electron chi connectivity index (χ0n) is 12.4. The highest BCUT2D eigenvalue weighted by Gasteiger charge is 2.32. The van der Waals surface area contributed by atoms with Gasteiger partial charge in [0.25, 0.3) is 0 Å². The zero-order chi connectivity index (χ0) is 14.4. The Bertz CT molecular complexity index is 357. The largest absolute Gasteiger partial charge is 0.450 e. The van der Waals surface area contributed by atoms with E-state index in [4.69, 9.17) is 15.2 Å². The van der Waals surface area contributed by atoms with Crippen LogP contribution in [0.3, 0.4) is 0 Å². The van der Waals surface area contributed by atoms with Crippen LogP contribution in [0, 0.1) is 5.92 Å². The van der Waals surface area contributed by atoms with Crippen LogP contribution in [0.15, 0.2) is 4.99 Å². The second-order valence-corrected chi connectivity index (χ2v) is 5.11. The van der Waals surface area contributed by atoms with E-state index in [1.165, 1.54) is 0 Å². The number of hydrogen-bond acceptors (Lipinski definition) is 4. The van der Waals surface area contributed by atoms with Gasteiger partial charge in [-0.1, -0.05) is 0 Å². The Morgan fingerprint density at radius 1 is 1.48 bits per heavy atom. The second-order valence-electron chi connectivity index (χ2n) is 5.11. The Hall–Kier alpha value is -0.770. The fourth-order valence-electron chi connectivity index (χ4n) is 2.22. The van der Waals surface area contributed by atoms with Crippen LogP contribution in [0.25, 0.3) is 0 Å². The third kappa shape index (κ3) is 6.25. The van der Waals surface area contributed by atoms with Crippen LogP contribution < -0.4 is 11.1 Å². The summed E-state index contributed by atoms with van der Waals surface area (Å²) in [6, 6.07) is 0.0219. The van der Waals surface area contributed by atoms with Gasteiger partial charge < -0.3 is 25.4 Å². The van der Waals surface area contributed by atoms with Crippen molar-refractivity contribution in [2.75, 3.05) is 39.5 Å². The molecule has 2 aliphatic rings. The lowest BCUT2D eigenvalue weighted by atomic mass is 10.2. The minimum atomic E-state index is -0.371. The van der Waals surface area contributed by atoms with E-state index < -0.39 is 0 Å². The molecule has 1 amide bonds. The monoisotopic (exact) mass is 412 g/mol. The van der Waals surface area contributed by atoms with Crippen molar-refractivity contribution in [2.24, 2.45) is 16.6 Å². The number of ether oxygens (including phenoxy) is 2. The average molecular weight is 412 g/mol. The lowest BCUT2D eigenvalue weighted by Crippen LogP contribution is -2.46. The summed E-state index contributed by atoms with van der Waals surface area (Å²) in [6.45, 7) is 5.59. The van der Waals surface area contributed by atoms with Gasteiger partial charge in [0.1, 0.15) is 0 Å². The molecule has 0 spiro atoms. The summed E-state index contributed by atoms with van der Waals surface area (Å²) in [4.78, 5) is 17.9. The second kappa shape index (κ2) is 9.29. The highest BCUT2D eigenvalue weighted by molar-refractivity contribution is 14.0. The topological polar surface area (TPSA) is 89.2 Å². The molecule has 0 aromatic rings. The normalized spacial score (nSPS) is 20.4. The van der Waals surface area contributed by atoms with Gasteiger partial charge in [0, 0.05) is 13.1 Å². The molecular formula is C13H25IN4O3. The quantitative estimate of drug-likeness (QED) is 0.396. The van der Waals surface area contributed by atoms with Crippen LogP contribution in [0.1, 0.15) is 19.8 Å². The number of guanidine groups is 1. The highest BCUT2D eigenvalue weighted by Crippen LogP contribution is 2.32. The van der Waals surface area contributed by atoms with Crippen LogP contribution in [0.4, 0.5) is 4.79 Å². The molecule has 2 rings (SSSR count). The number of amides is 1. The third-order valence-corrected chi connectivity index (χ3v) is 3.55. The minimum absolute atomic E-state index is 0. The number of nitrogens with one attached hydrogen (secondary N) is 1. The van der Waals surface area contributed by atoms with Crippen molar-refractivity contribution in [3.63, 3.8) is 0 Å². The number of aliphatic imine (C=N–C) groups is 1. The standard InChI is InChI=1S/C13H24N4O3.HI/c1-2-20-13(18)16-11(10-3-4-10)9-15-12(14)17-5-7-19-8-6-17;/h10-11H,2-9H2,1H3,(H2,14,15)(H,16,18);1H. The Labute approximate surface area is 142 Å².